The van der Waals surface area contributed by atoms with Crippen molar-refractivity contribution in [3.8, 4) is 0 Å². The summed E-state index contributed by atoms with van der Waals surface area (Å²) in [7, 11) is 0. The first kappa shape index (κ1) is 29.7. The molecule has 0 aromatic carbocycles. The van der Waals surface area contributed by atoms with Crippen molar-refractivity contribution in [3.05, 3.63) is 23.8 Å². The van der Waals surface area contributed by atoms with Crippen LogP contribution in [-0.2, 0) is 0 Å². The van der Waals surface area contributed by atoms with E-state index in [9.17, 15) is 0 Å². The zero-order valence-electron chi connectivity index (χ0n) is 24.0. The maximum atomic E-state index is 2.89. The van der Waals surface area contributed by atoms with Gasteiger partial charge in [0, 0.05) is 0 Å². The summed E-state index contributed by atoms with van der Waals surface area (Å²) in [4.78, 5) is 0. The Kier molecular flexibility index (Phi) is 16.3. The topological polar surface area (TPSA) is 0 Å². The van der Waals surface area contributed by atoms with Gasteiger partial charge in [-0.25, -0.2) is 0 Å². The van der Waals surface area contributed by atoms with Crippen LogP contribution >= 0.6 is 0 Å². The molecule has 0 fully saturated rings. The van der Waals surface area contributed by atoms with Gasteiger partial charge < -0.3 is 0 Å². The SMILES string of the molecule is CCCCCCCC1C=CC2CC(CCCCC)C(CCCCC)C=C2C1CCCCCCC. The van der Waals surface area contributed by atoms with Gasteiger partial charge in [-0.15, -0.1) is 0 Å². The normalized spacial score (nSPS) is 26.5. The summed E-state index contributed by atoms with van der Waals surface area (Å²) < 4.78 is 0. The van der Waals surface area contributed by atoms with Gasteiger partial charge in [0.25, 0.3) is 0 Å². The van der Waals surface area contributed by atoms with E-state index in [1.165, 1.54) is 135 Å². The fourth-order valence-electron chi connectivity index (χ4n) is 6.96. The molecule has 0 aliphatic heterocycles. The largest absolute Gasteiger partial charge is 0.0842 e. The Labute approximate surface area is 215 Å². The van der Waals surface area contributed by atoms with Crippen LogP contribution in [0.1, 0.15) is 163 Å². The molecule has 2 rings (SSSR count). The van der Waals surface area contributed by atoms with Crippen LogP contribution in [0.2, 0.25) is 0 Å². The summed E-state index contributed by atoms with van der Waals surface area (Å²) in [5, 5.41) is 0. The van der Waals surface area contributed by atoms with Gasteiger partial charge in [-0.2, -0.15) is 0 Å². The van der Waals surface area contributed by atoms with Crippen molar-refractivity contribution in [2.45, 2.75) is 163 Å². The van der Waals surface area contributed by atoms with E-state index < -0.39 is 0 Å². The molecule has 5 unspecified atom stereocenters. The molecule has 0 spiro atoms. The molecule has 0 saturated carbocycles. The van der Waals surface area contributed by atoms with E-state index >= 15 is 0 Å². The second-order valence-corrected chi connectivity index (χ2v) is 12.0. The van der Waals surface area contributed by atoms with Gasteiger partial charge in [-0.1, -0.05) is 154 Å². The molecule has 2 aliphatic carbocycles. The monoisotopic (exact) mass is 470 g/mol. The maximum absolute atomic E-state index is 2.89. The Bertz CT molecular complexity index is 540. The second kappa shape index (κ2) is 18.7. The number of allylic oxidation sites excluding steroid dienone is 4. The van der Waals surface area contributed by atoms with Gasteiger partial charge in [0.15, 0.2) is 0 Å². The first-order valence-electron chi connectivity index (χ1n) is 16.1. The van der Waals surface area contributed by atoms with E-state index in [2.05, 4.69) is 45.9 Å². The molecule has 0 heterocycles. The molecule has 0 heteroatoms. The van der Waals surface area contributed by atoms with E-state index in [1.54, 1.807) is 0 Å². The van der Waals surface area contributed by atoms with Crippen molar-refractivity contribution < 1.29 is 0 Å². The van der Waals surface area contributed by atoms with E-state index in [0.717, 1.165) is 29.6 Å². The van der Waals surface area contributed by atoms with Gasteiger partial charge in [-0.3, -0.25) is 0 Å². The van der Waals surface area contributed by atoms with Crippen LogP contribution in [0.25, 0.3) is 0 Å². The zero-order valence-corrected chi connectivity index (χ0v) is 24.0. The molecule has 0 aromatic rings. The maximum Gasteiger partial charge on any atom is -0.00172 e. The molecule has 0 bridgehead atoms. The van der Waals surface area contributed by atoms with Crippen LogP contribution in [0.3, 0.4) is 0 Å². The van der Waals surface area contributed by atoms with Crippen LogP contribution in [0.4, 0.5) is 0 Å². The molecule has 0 saturated heterocycles. The number of rotatable bonds is 20. The van der Waals surface area contributed by atoms with E-state index in [1.807, 2.05) is 5.57 Å². The first-order valence-corrected chi connectivity index (χ1v) is 16.1. The minimum Gasteiger partial charge on any atom is -0.0842 e. The lowest BCUT2D eigenvalue weighted by atomic mass is 9.62. The summed E-state index contributed by atoms with van der Waals surface area (Å²) in [5.74, 6) is 4.26. The lowest BCUT2D eigenvalue weighted by molar-refractivity contribution is 0.241. The smallest absolute Gasteiger partial charge is 0.00172 e. The molecule has 0 N–H and O–H groups in total. The van der Waals surface area contributed by atoms with Crippen molar-refractivity contribution in [1.29, 1.82) is 0 Å². The summed E-state index contributed by atoms with van der Waals surface area (Å²) in [6, 6.07) is 0. The summed E-state index contributed by atoms with van der Waals surface area (Å²) in [6.07, 6.45) is 38.3. The molecular weight excluding hydrogens is 408 g/mol. The third-order valence-corrected chi connectivity index (χ3v) is 9.11. The van der Waals surface area contributed by atoms with Crippen LogP contribution < -0.4 is 0 Å². The highest BCUT2D eigenvalue weighted by Gasteiger charge is 2.36. The Balaban J connectivity index is 2.10. The summed E-state index contributed by atoms with van der Waals surface area (Å²) >= 11 is 0. The second-order valence-electron chi connectivity index (χ2n) is 12.0. The zero-order chi connectivity index (χ0) is 24.4. The van der Waals surface area contributed by atoms with Gasteiger partial charge >= 0.3 is 0 Å². The van der Waals surface area contributed by atoms with Crippen LogP contribution in [0, 0.1) is 29.6 Å². The molecule has 0 nitrogen and oxygen atoms in total. The highest BCUT2D eigenvalue weighted by Crippen LogP contribution is 2.48. The average molecular weight is 471 g/mol. The lowest BCUT2D eigenvalue weighted by Gasteiger charge is -2.42. The quantitative estimate of drug-likeness (QED) is 0.122. The van der Waals surface area contributed by atoms with Gasteiger partial charge in [0.2, 0.25) is 0 Å². The Morgan fingerprint density at radius 2 is 1.03 bits per heavy atom. The molecule has 5 atom stereocenters. The minimum atomic E-state index is 0.769. The third kappa shape index (κ3) is 10.6. The van der Waals surface area contributed by atoms with Crippen molar-refractivity contribution >= 4 is 0 Å². The molecule has 0 amide bonds. The van der Waals surface area contributed by atoms with E-state index in [-0.39, 0.29) is 0 Å². The van der Waals surface area contributed by atoms with Crippen molar-refractivity contribution in [2.75, 3.05) is 0 Å². The van der Waals surface area contributed by atoms with Crippen molar-refractivity contribution in [3.63, 3.8) is 0 Å². The molecular formula is C34H62. The number of hydrogen-bond donors (Lipinski definition) is 0. The number of fused-ring (bicyclic) bond motifs is 1. The van der Waals surface area contributed by atoms with Gasteiger partial charge in [0.05, 0.1) is 0 Å². The van der Waals surface area contributed by atoms with Crippen LogP contribution in [-0.4, -0.2) is 0 Å². The molecule has 0 radical (unpaired) electrons. The number of unbranched alkanes of at least 4 members (excludes halogenated alkanes) is 12. The fraction of sp³-hybridized carbons (Fsp3) is 0.882. The summed E-state index contributed by atoms with van der Waals surface area (Å²) in [6.45, 7) is 9.39. The van der Waals surface area contributed by atoms with Crippen LogP contribution in [0.5, 0.6) is 0 Å². The third-order valence-electron chi connectivity index (χ3n) is 9.11. The Morgan fingerprint density at radius 3 is 1.68 bits per heavy atom. The fourth-order valence-corrected chi connectivity index (χ4v) is 6.96. The highest BCUT2D eigenvalue weighted by molar-refractivity contribution is 5.27. The average Bonchev–Trinajstić information content (AvgIpc) is 2.85. The first-order chi connectivity index (χ1) is 16.7. The van der Waals surface area contributed by atoms with E-state index in [4.69, 9.17) is 0 Å². The van der Waals surface area contributed by atoms with E-state index in [0.29, 0.717) is 0 Å². The highest BCUT2D eigenvalue weighted by atomic mass is 14.4. The minimum absolute atomic E-state index is 0.769. The number of hydrogen-bond acceptors (Lipinski definition) is 0. The van der Waals surface area contributed by atoms with Gasteiger partial charge in [-0.05, 0) is 61.7 Å². The predicted octanol–water partition coefficient (Wildman–Crippen LogP) is 11.8. The summed E-state index contributed by atoms with van der Waals surface area (Å²) in [5.41, 5.74) is 1.91. The lowest BCUT2D eigenvalue weighted by Crippen LogP contribution is -2.31. The standard InChI is InChI=1S/C34H62/c1-5-9-13-15-19-21-29-25-26-32-27-30(22-17-11-7-3)31(23-18-12-8-4)28-34(32)33(29)24-20-16-14-10-6-2/h25-26,28-33H,5-24,27H2,1-4H3. The molecule has 2 aliphatic rings. The molecule has 198 valence electrons. The molecule has 0 aromatic heterocycles. The Hall–Kier alpha value is -0.520. The van der Waals surface area contributed by atoms with Gasteiger partial charge in [0.1, 0.15) is 0 Å². The van der Waals surface area contributed by atoms with Crippen LogP contribution in [0.15, 0.2) is 23.8 Å². The van der Waals surface area contributed by atoms with Crippen molar-refractivity contribution in [1.82, 2.24) is 0 Å². The predicted molar refractivity (Wildman–Crippen MR) is 154 cm³/mol. The molecule has 34 heavy (non-hydrogen) atoms. The van der Waals surface area contributed by atoms with Crippen molar-refractivity contribution in [2.24, 2.45) is 29.6 Å². The Morgan fingerprint density at radius 1 is 0.529 bits per heavy atom.